The molecule has 0 saturated carbocycles. The molecule has 2 nitrogen and oxygen atoms in total. The van der Waals surface area contributed by atoms with Gasteiger partial charge in [-0.25, -0.2) is 0 Å². The lowest BCUT2D eigenvalue weighted by atomic mass is 9.73. The zero-order valence-electron chi connectivity index (χ0n) is 28.6. The largest absolute Gasteiger partial charge is 0.310 e. The van der Waals surface area contributed by atoms with Crippen LogP contribution in [0, 0.1) is 13.8 Å². The molecule has 0 saturated heterocycles. The van der Waals surface area contributed by atoms with Gasteiger partial charge in [0.05, 0.1) is 11.4 Å². The van der Waals surface area contributed by atoms with E-state index in [9.17, 15) is 0 Å². The fourth-order valence-corrected chi connectivity index (χ4v) is 7.39. The fraction of sp³-hybridized carbons (Fsp3) is 0.106. The van der Waals surface area contributed by atoms with Crippen molar-refractivity contribution in [3.63, 3.8) is 0 Å². The Morgan fingerprint density at radius 1 is 0.449 bits per heavy atom. The lowest BCUT2D eigenvalue weighted by molar-refractivity contribution is 0.632. The number of fused-ring (bicyclic) bond motifs is 2. The van der Waals surface area contributed by atoms with Crippen molar-refractivity contribution in [3.8, 4) is 22.3 Å². The quantitative estimate of drug-likeness (QED) is 0.180. The van der Waals surface area contributed by atoms with Gasteiger partial charge in [0, 0.05) is 28.2 Å². The number of benzene rings is 7. The Kier molecular flexibility index (Phi) is 7.65. The molecular formula is C47H40N2. The molecule has 8 rings (SSSR count). The van der Waals surface area contributed by atoms with Crippen LogP contribution in [0.25, 0.3) is 22.3 Å². The van der Waals surface area contributed by atoms with Crippen molar-refractivity contribution in [1.29, 1.82) is 0 Å². The molecule has 1 aliphatic rings. The SMILES string of the molecule is Cc1ccc(-c2cc(-c3ccc(N(c4ccccc4)c4ccccc4C)cc3)cc(N3c4ccccc4C(C)(C)c4ccccc43)c2)cc1. The van der Waals surface area contributed by atoms with E-state index >= 15 is 0 Å². The lowest BCUT2D eigenvalue weighted by Gasteiger charge is -2.42. The summed E-state index contributed by atoms with van der Waals surface area (Å²) in [5.41, 5.74) is 16.8. The first kappa shape index (κ1) is 30.5. The van der Waals surface area contributed by atoms with E-state index in [0.29, 0.717) is 0 Å². The molecule has 238 valence electrons. The molecular weight excluding hydrogens is 593 g/mol. The highest BCUT2D eigenvalue weighted by molar-refractivity contribution is 5.90. The summed E-state index contributed by atoms with van der Waals surface area (Å²) in [6, 6.07) is 61.9. The van der Waals surface area contributed by atoms with Gasteiger partial charge in [0.2, 0.25) is 0 Å². The molecule has 7 aromatic carbocycles. The van der Waals surface area contributed by atoms with Gasteiger partial charge < -0.3 is 9.80 Å². The van der Waals surface area contributed by atoms with Gasteiger partial charge in [0.15, 0.2) is 0 Å². The van der Waals surface area contributed by atoms with Gasteiger partial charge in [-0.15, -0.1) is 0 Å². The average Bonchev–Trinajstić information content (AvgIpc) is 3.14. The summed E-state index contributed by atoms with van der Waals surface area (Å²) in [6.07, 6.45) is 0. The zero-order chi connectivity index (χ0) is 33.5. The predicted molar refractivity (Wildman–Crippen MR) is 208 cm³/mol. The second-order valence-electron chi connectivity index (χ2n) is 13.6. The molecule has 1 heterocycles. The van der Waals surface area contributed by atoms with Gasteiger partial charge >= 0.3 is 0 Å². The third-order valence-electron chi connectivity index (χ3n) is 10.0. The zero-order valence-corrected chi connectivity index (χ0v) is 28.6. The van der Waals surface area contributed by atoms with E-state index in [1.807, 2.05) is 0 Å². The number of hydrogen-bond acceptors (Lipinski definition) is 2. The molecule has 7 aromatic rings. The molecule has 0 radical (unpaired) electrons. The summed E-state index contributed by atoms with van der Waals surface area (Å²) < 4.78 is 0. The highest BCUT2D eigenvalue weighted by atomic mass is 15.2. The van der Waals surface area contributed by atoms with Crippen molar-refractivity contribution in [2.24, 2.45) is 0 Å². The third kappa shape index (κ3) is 5.50. The third-order valence-corrected chi connectivity index (χ3v) is 10.0. The number of para-hydroxylation sites is 4. The van der Waals surface area contributed by atoms with E-state index in [1.165, 1.54) is 61.6 Å². The highest BCUT2D eigenvalue weighted by Crippen LogP contribution is 2.52. The Labute approximate surface area is 290 Å². The van der Waals surface area contributed by atoms with E-state index in [-0.39, 0.29) is 5.41 Å². The molecule has 0 amide bonds. The summed E-state index contributed by atoms with van der Waals surface area (Å²) in [4.78, 5) is 4.80. The molecule has 49 heavy (non-hydrogen) atoms. The smallest absolute Gasteiger partial charge is 0.0502 e. The Morgan fingerprint density at radius 2 is 0.939 bits per heavy atom. The first-order valence-electron chi connectivity index (χ1n) is 17.1. The first-order valence-corrected chi connectivity index (χ1v) is 17.1. The molecule has 0 N–H and O–H groups in total. The molecule has 0 bridgehead atoms. The van der Waals surface area contributed by atoms with Crippen molar-refractivity contribution in [2.75, 3.05) is 9.80 Å². The van der Waals surface area contributed by atoms with Crippen LogP contribution in [0.1, 0.15) is 36.1 Å². The van der Waals surface area contributed by atoms with E-state index in [0.717, 1.165) is 17.1 Å². The highest BCUT2D eigenvalue weighted by Gasteiger charge is 2.36. The van der Waals surface area contributed by atoms with Gasteiger partial charge in [0.1, 0.15) is 0 Å². The summed E-state index contributed by atoms with van der Waals surface area (Å²) >= 11 is 0. The van der Waals surface area contributed by atoms with E-state index in [4.69, 9.17) is 0 Å². The number of aryl methyl sites for hydroxylation is 2. The van der Waals surface area contributed by atoms with Crippen LogP contribution in [0.2, 0.25) is 0 Å². The molecule has 2 heteroatoms. The van der Waals surface area contributed by atoms with Crippen LogP contribution >= 0.6 is 0 Å². The molecule has 0 aliphatic carbocycles. The Hall–Kier alpha value is -5.86. The molecule has 0 aromatic heterocycles. The number of anilines is 6. The molecule has 0 atom stereocenters. The molecule has 1 aliphatic heterocycles. The normalized spacial score (nSPS) is 13.0. The fourth-order valence-electron chi connectivity index (χ4n) is 7.39. The molecule has 0 fully saturated rings. The number of nitrogens with zero attached hydrogens (tertiary/aromatic N) is 2. The summed E-state index contributed by atoms with van der Waals surface area (Å²) in [5.74, 6) is 0. The second kappa shape index (κ2) is 12.3. The Balaban J connectivity index is 1.29. The first-order chi connectivity index (χ1) is 23.9. The van der Waals surface area contributed by atoms with Crippen LogP contribution in [0.5, 0.6) is 0 Å². The van der Waals surface area contributed by atoms with Crippen molar-refractivity contribution in [2.45, 2.75) is 33.1 Å². The average molecular weight is 633 g/mol. The van der Waals surface area contributed by atoms with Crippen molar-refractivity contribution in [1.82, 2.24) is 0 Å². The maximum atomic E-state index is 2.46. The lowest BCUT2D eigenvalue weighted by Crippen LogP contribution is -2.30. The van der Waals surface area contributed by atoms with Crippen LogP contribution in [0.15, 0.2) is 170 Å². The second-order valence-corrected chi connectivity index (χ2v) is 13.6. The maximum Gasteiger partial charge on any atom is 0.0502 e. The van der Waals surface area contributed by atoms with Gasteiger partial charge in [-0.3, -0.25) is 0 Å². The Morgan fingerprint density at radius 3 is 1.53 bits per heavy atom. The van der Waals surface area contributed by atoms with Gasteiger partial charge in [-0.2, -0.15) is 0 Å². The topological polar surface area (TPSA) is 6.48 Å². The summed E-state index contributed by atoms with van der Waals surface area (Å²) in [7, 11) is 0. The minimum absolute atomic E-state index is 0.112. The van der Waals surface area contributed by atoms with E-state index in [2.05, 4.69) is 207 Å². The monoisotopic (exact) mass is 632 g/mol. The van der Waals surface area contributed by atoms with Crippen LogP contribution in [0.3, 0.4) is 0 Å². The summed E-state index contributed by atoms with van der Waals surface area (Å²) in [5, 5.41) is 0. The van der Waals surface area contributed by atoms with Crippen molar-refractivity contribution >= 4 is 34.1 Å². The minimum atomic E-state index is -0.112. The van der Waals surface area contributed by atoms with Crippen LogP contribution in [0.4, 0.5) is 34.1 Å². The van der Waals surface area contributed by atoms with Gasteiger partial charge in [-0.05, 0) is 113 Å². The van der Waals surface area contributed by atoms with E-state index < -0.39 is 0 Å². The predicted octanol–water partition coefficient (Wildman–Crippen LogP) is 13.2. The van der Waals surface area contributed by atoms with Crippen LogP contribution < -0.4 is 9.80 Å². The molecule has 0 spiro atoms. The van der Waals surface area contributed by atoms with Crippen LogP contribution in [-0.2, 0) is 5.41 Å². The number of hydrogen-bond donors (Lipinski definition) is 0. The van der Waals surface area contributed by atoms with Crippen molar-refractivity contribution in [3.05, 3.63) is 192 Å². The standard InChI is InChI=1S/C47H40N2/c1-33-22-24-35(25-23-33)37-30-38(32-41(31-37)49-45-20-12-9-17-42(45)47(3,4)43-18-10-13-21-46(43)49)36-26-28-40(29-27-36)48(39-15-6-5-7-16-39)44-19-11-8-14-34(44)2/h5-32H,1-4H3. The molecule has 0 unspecified atom stereocenters. The summed E-state index contributed by atoms with van der Waals surface area (Å²) in [6.45, 7) is 9.00. The van der Waals surface area contributed by atoms with Crippen LogP contribution in [-0.4, -0.2) is 0 Å². The number of rotatable bonds is 6. The minimum Gasteiger partial charge on any atom is -0.310 e. The van der Waals surface area contributed by atoms with E-state index in [1.54, 1.807) is 0 Å². The maximum absolute atomic E-state index is 2.46. The van der Waals surface area contributed by atoms with Gasteiger partial charge in [0.25, 0.3) is 0 Å². The van der Waals surface area contributed by atoms with Crippen molar-refractivity contribution < 1.29 is 0 Å². The Bertz CT molecular complexity index is 2210. The van der Waals surface area contributed by atoms with Gasteiger partial charge in [-0.1, -0.05) is 129 Å².